The SMILES string of the molecule is COc1ccc(Cn2cnnc2C2CCN(c3c(C#N)cccc3-c3ccc(F)nc3)CC2)cc1. The molecule has 0 atom stereocenters. The maximum atomic E-state index is 13.4. The third kappa shape index (κ3) is 4.71. The van der Waals surface area contributed by atoms with E-state index in [2.05, 4.69) is 42.9 Å². The molecule has 1 aliphatic rings. The summed E-state index contributed by atoms with van der Waals surface area (Å²) in [5.41, 5.74) is 4.32. The van der Waals surface area contributed by atoms with Crippen molar-refractivity contribution >= 4 is 5.69 Å². The summed E-state index contributed by atoms with van der Waals surface area (Å²) in [7, 11) is 1.66. The van der Waals surface area contributed by atoms with E-state index in [4.69, 9.17) is 4.74 Å². The van der Waals surface area contributed by atoms with Crippen molar-refractivity contribution in [3.63, 3.8) is 0 Å². The van der Waals surface area contributed by atoms with Gasteiger partial charge in [0.05, 0.1) is 24.9 Å². The van der Waals surface area contributed by atoms with Gasteiger partial charge in [-0.05, 0) is 48.7 Å². The van der Waals surface area contributed by atoms with E-state index in [9.17, 15) is 9.65 Å². The fourth-order valence-corrected chi connectivity index (χ4v) is 4.73. The zero-order valence-corrected chi connectivity index (χ0v) is 19.4. The van der Waals surface area contributed by atoms with Gasteiger partial charge in [0.2, 0.25) is 5.95 Å². The normalized spacial score (nSPS) is 14.0. The number of pyridine rings is 1. The first-order valence-electron chi connectivity index (χ1n) is 11.6. The first-order valence-corrected chi connectivity index (χ1v) is 11.6. The smallest absolute Gasteiger partial charge is 0.212 e. The van der Waals surface area contributed by atoms with Crippen LogP contribution in [0.3, 0.4) is 0 Å². The van der Waals surface area contributed by atoms with Gasteiger partial charge >= 0.3 is 0 Å². The topological polar surface area (TPSA) is 79.9 Å². The third-order valence-electron chi connectivity index (χ3n) is 6.53. The molecule has 35 heavy (non-hydrogen) atoms. The Morgan fingerprint density at radius 3 is 2.57 bits per heavy atom. The summed E-state index contributed by atoms with van der Waals surface area (Å²) in [6.45, 7) is 2.26. The standard InChI is InChI=1S/C27H25FN6O/c1-35-23-8-5-19(6-9-23)17-34-18-31-32-27(34)20-11-13-33(14-12-20)26-21(15-29)3-2-4-24(26)22-7-10-25(28)30-16-22/h2-10,16,18,20H,11-14,17H2,1H3. The number of para-hydroxylation sites is 1. The molecule has 0 amide bonds. The van der Waals surface area contributed by atoms with Crippen LogP contribution in [0.15, 0.2) is 67.1 Å². The molecule has 7 nitrogen and oxygen atoms in total. The lowest BCUT2D eigenvalue weighted by molar-refractivity contribution is 0.414. The molecule has 0 unspecified atom stereocenters. The van der Waals surface area contributed by atoms with E-state index in [1.54, 1.807) is 19.5 Å². The van der Waals surface area contributed by atoms with Gasteiger partial charge in [-0.15, -0.1) is 10.2 Å². The quantitative estimate of drug-likeness (QED) is 0.379. The number of hydrogen-bond donors (Lipinski definition) is 0. The number of methoxy groups -OCH3 is 1. The lowest BCUT2D eigenvalue weighted by atomic mass is 9.93. The van der Waals surface area contributed by atoms with Gasteiger partial charge in [0, 0.05) is 36.3 Å². The zero-order valence-electron chi connectivity index (χ0n) is 19.4. The summed E-state index contributed by atoms with van der Waals surface area (Å²) >= 11 is 0. The second-order valence-corrected chi connectivity index (χ2v) is 8.61. The van der Waals surface area contributed by atoms with Crippen molar-refractivity contribution < 1.29 is 9.13 Å². The second-order valence-electron chi connectivity index (χ2n) is 8.61. The Balaban J connectivity index is 1.34. The number of halogens is 1. The summed E-state index contributed by atoms with van der Waals surface area (Å²) in [5.74, 6) is 1.57. The molecule has 0 radical (unpaired) electrons. The first-order chi connectivity index (χ1) is 17.2. The molecular weight excluding hydrogens is 443 g/mol. The van der Waals surface area contributed by atoms with Crippen molar-refractivity contribution in [3.05, 3.63) is 90.0 Å². The molecule has 2 aromatic heterocycles. The van der Waals surface area contributed by atoms with Gasteiger partial charge in [-0.1, -0.05) is 24.3 Å². The second kappa shape index (κ2) is 9.94. The van der Waals surface area contributed by atoms with Gasteiger partial charge in [-0.2, -0.15) is 9.65 Å². The largest absolute Gasteiger partial charge is 0.497 e. The van der Waals surface area contributed by atoms with E-state index in [-0.39, 0.29) is 5.92 Å². The fraction of sp³-hybridized carbons (Fsp3) is 0.259. The number of ether oxygens (including phenoxy) is 1. The van der Waals surface area contributed by atoms with Crippen LogP contribution in [0.4, 0.5) is 10.1 Å². The van der Waals surface area contributed by atoms with Crippen LogP contribution in [-0.2, 0) is 6.54 Å². The van der Waals surface area contributed by atoms with Gasteiger partial charge in [0.25, 0.3) is 0 Å². The molecule has 0 bridgehead atoms. The third-order valence-corrected chi connectivity index (χ3v) is 6.53. The molecule has 3 heterocycles. The zero-order chi connectivity index (χ0) is 24.2. The monoisotopic (exact) mass is 468 g/mol. The molecule has 2 aromatic carbocycles. The highest BCUT2D eigenvalue weighted by Crippen LogP contribution is 2.37. The molecular formula is C27H25FN6O. The van der Waals surface area contributed by atoms with Gasteiger partial charge in [0.15, 0.2) is 0 Å². The number of anilines is 1. The van der Waals surface area contributed by atoms with Crippen molar-refractivity contribution in [1.29, 1.82) is 5.26 Å². The molecule has 176 valence electrons. The number of piperidine rings is 1. The summed E-state index contributed by atoms with van der Waals surface area (Å²) < 4.78 is 20.8. The predicted octanol–water partition coefficient (Wildman–Crippen LogP) is 4.79. The van der Waals surface area contributed by atoms with Crippen LogP contribution >= 0.6 is 0 Å². The van der Waals surface area contributed by atoms with Crippen molar-refractivity contribution in [2.45, 2.75) is 25.3 Å². The average molecular weight is 469 g/mol. The summed E-state index contributed by atoms with van der Waals surface area (Å²) in [4.78, 5) is 6.05. The van der Waals surface area contributed by atoms with Crippen molar-refractivity contribution in [3.8, 4) is 22.9 Å². The maximum absolute atomic E-state index is 13.4. The van der Waals surface area contributed by atoms with Crippen molar-refractivity contribution in [2.24, 2.45) is 0 Å². The molecule has 1 saturated heterocycles. The highest BCUT2D eigenvalue weighted by molar-refractivity contribution is 5.82. The highest BCUT2D eigenvalue weighted by Gasteiger charge is 2.27. The van der Waals surface area contributed by atoms with Crippen LogP contribution in [0.2, 0.25) is 0 Å². The Labute approximate surface area is 203 Å². The van der Waals surface area contributed by atoms with E-state index in [1.807, 2.05) is 30.3 Å². The molecule has 1 fully saturated rings. The minimum Gasteiger partial charge on any atom is -0.497 e. The van der Waals surface area contributed by atoms with E-state index in [0.717, 1.165) is 59.9 Å². The van der Waals surface area contributed by atoms with Gasteiger partial charge in [-0.25, -0.2) is 4.98 Å². The van der Waals surface area contributed by atoms with E-state index in [1.165, 1.54) is 12.3 Å². The Morgan fingerprint density at radius 2 is 1.89 bits per heavy atom. The summed E-state index contributed by atoms with van der Waals surface area (Å²) in [6, 6.07) is 19.0. The number of rotatable bonds is 6. The first kappa shape index (κ1) is 22.5. The summed E-state index contributed by atoms with van der Waals surface area (Å²) in [5, 5.41) is 18.4. The Kier molecular flexibility index (Phi) is 6.40. The molecule has 4 aromatic rings. The van der Waals surface area contributed by atoms with Gasteiger partial charge in [0.1, 0.15) is 24.0 Å². The lowest BCUT2D eigenvalue weighted by Gasteiger charge is -2.35. The summed E-state index contributed by atoms with van der Waals surface area (Å²) in [6.07, 6.45) is 5.09. The molecule has 0 N–H and O–H groups in total. The van der Waals surface area contributed by atoms with Crippen LogP contribution in [0.25, 0.3) is 11.1 Å². The van der Waals surface area contributed by atoms with E-state index < -0.39 is 5.95 Å². The van der Waals surface area contributed by atoms with Crippen LogP contribution in [0.1, 0.15) is 35.7 Å². The maximum Gasteiger partial charge on any atom is 0.212 e. The Morgan fingerprint density at radius 1 is 1.09 bits per heavy atom. The predicted molar refractivity (Wildman–Crippen MR) is 131 cm³/mol. The van der Waals surface area contributed by atoms with Gasteiger partial charge in [-0.3, -0.25) is 0 Å². The molecule has 0 aliphatic carbocycles. The van der Waals surface area contributed by atoms with Crippen molar-refractivity contribution in [2.75, 3.05) is 25.1 Å². The van der Waals surface area contributed by atoms with Crippen LogP contribution < -0.4 is 9.64 Å². The Bertz CT molecular complexity index is 1340. The van der Waals surface area contributed by atoms with E-state index >= 15 is 0 Å². The number of hydrogen-bond acceptors (Lipinski definition) is 6. The van der Waals surface area contributed by atoms with Gasteiger partial charge < -0.3 is 14.2 Å². The molecule has 1 aliphatic heterocycles. The Hall–Kier alpha value is -4.25. The van der Waals surface area contributed by atoms with Crippen molar-refractivity contribution in [1.82, 2.24) is 19.7 Å². The minimum atomic E-state index is -0.522. The molecule has 0 saturated carbocycles. The molecule has 0 spiro atoms. The van der Waals surface area contributed by atoms with Crippen LogP contribution in [-0.4, -0.2) is 39.9 Å². The number of nitriles is 1. The fourth-order valence-electron chi connectivity index (χ4n) is 4.73. The average Bonchev–Trinajstić information content (AvgIpc) is 3.37. The number of nitrogens with zero attached hydrogens (tertiary/aromatic N) is 6. The minimum absolute atomic E-state index is 0.275. The van der Waals surface area contributed by atoms with Crippen LogP contribution in [0.5, 0.6) is 5.75 Å². The molecule has 8 heteroatoms. The highest BCUT2D eigenvalue weighted by atomic mass is 19.1. The number of benzene rings is 2. The van der Waals surface area contributed by atoms with E-state index in [0.29, 0.717) is 12.1 Å². The van der Waals surface area contributed by atoms with Crippen LogP contribution in [0, 0.1) is 17.3 Å². The molecule has 5 rings (SSSR count). The lowest BCUT2D eigenvalue weighted by Crippen LogP contribution is -2.34. The number of aromatic nitrogens is 4.